The Kier molecular flexibility index (Phi) is 5.30. The van der Waals surface area contributed by atoms with Crippen molar-refractivity contribution in [2.45, 2.75) is 19.1 Å². The number of epoxide rings is 1. The molecular weight excluding hydrogens is 276 g/mol. The van der Waals surface area contributed by atoms with Crippen molar-refractivity contribution in [1.29, 1.82) is 0 Å². The second-order valence-corrected chi connectivity index (χ2v) is 4.74. The molecule has 1 fully saturated rings. The number of methoxy groups -OCH3 is 1. The predicted octanol–water partition coefficient (Wildman–Crippen LogP) is 1.43. The number of carbonyl (C=O) groups excluding carboxylic acids is 2. The fourth-order valence-corrected chi connectivity index (χ4v) is 1.59. The zero-order chi connectivity index (χ0) is 15.2. The maximum atomic E-state index is 12.0. The van der Waals surface area contributed by atoms with Gasteiger partial charge in [-0.2, -0.15) is 0 Å². The molecule has 6 heteroatoms. The van der Waals surface area contributed by atoms with Crippen LogP contribution in [0.25, 0.3) is 0 Å². The molecule has 0 N–H and O–H groups in total. The quantitative estimate of drug-likeness (QED) is 0.559. The number of hydrogen-bond acceptors (Lipinski definition) is 6. The van der Waals surface area contributed by atoms with Gasteiger partial charge in [-0.3, -0.25) is 0 Å². The van der Waals surface area contributed by atoms with Gasteiger partial charge in [0.05, 0.1) is 23.8 Å². The van der Waals surface area contributed by atoms with Crippen LogP contribution in [0.3, 0.4) is 0 Å². The average Bonchev–Trinajstić information content (AvgIpc) is 3.34. The summed E-state index contributed by atoms with van der Waals surface area (Å²) in [5, 5.41) is 0. The normalized spacial score (nSPS) is 17.9. The van der Waals surface area contributed by atoms with Gasteiger partial charge in [0.25, 0.3) is 0 Å². The Morgan fingerprint density at radius 1 is 1.24 bits per heavy atom. The molecule has 0 saturated carbocycles. The van der Waals surface area contributed by atoms with Crippen LogP contribution in [0.4, 0.5) is 0 Å². The molecule has 114 valence electrons. The molecule has 0 aromatic heterocycles. The highest BCUT2D eigenvalue weighted by Crippen LogP contribution is 2.15. The predicted molar refractivity (Wildman–Crippen MR) is 73.2 cm³/mol. The van der Waals surface area contributed by atoms with Crippen molar-refractivity contribution in [1.82, 2.24) is 0 Å². The Morgan fingerprint density at radius 3 is 2.33 bits per heavy atom. The third-order valence-corrected chi connectivity index (χ3v) is 3.02. The summed E-state index contributed by atoms with van der Waals surface area (Å²) in [6.07, 6.45) is -0.226. The van der Waals surface area contributed by atoms with Gasteiger partial charge in [-0.15, -0.1) is 0 Å². The minimum absolute atomic E-state index is 0.0179. The fraction of sp³-hybridized carbons (Fsp3) is 0.467. The zero-order valence-corrected chi connectivity index (χ0v) is 12.0. The number of ether oxygens (including phenoxy) is 4. The van der Waals surface area contributed by atoms with E-state index in [0.717, 1.165) is 0 Å². The van der Waals surface area contributed by atoms with Gasteiger partial charge in [0.15, 0.2) is 0 Å². The molecule has 0 spiro atoms. The van der Waals surface area contributed by atoms with E-state index in [-0.39, 0.29) is 36.5 Å². The van der Waals surface area contributed by atoms with Crippen LogP contribution in [0.1, 0.15) is 27.6 Å². The molecule has 2 unspecified atom stereocenters. The molecule has 2 rings (SSSR count). The van der Waals surface area contributed by atoms with E-state index in [2.05, 4.69) is 0 Å². The van der Waals surface area contributed by atoms with Gasteiger partial charge in [0.2, 0.25) is 0 Å². The van der Waals surface area contributed by atoms with E-state index in [1.807, 2.05) is 0 Å². The van der Waals surface area contributed by atoms with Gasteiger partial charge < -0.3 is 18.9 Å². The topological polar surface area (TPSA) is 74.4 Å². The van der Waals surface area contributed by atoms with Gasteiger partial charge in [0, 0.05) is 7.11 Å². The molecule has 21 heavy (non-hydrogen) atoms. The second-order valence-electron chi connectivity index (χ2n) is 4.74. The maximum Gasteiger partial charge on any atom is 0.339 e. The van der Waals surface area contributed by atoms with Crippen LogP contribution in [-0.2, 0) is 18.9 Å². The largest absolute Gasteiger partial charge is 0.459 e. The molecule has 0 amide bonds. The summed E-state index contributed by atoms with van der Waals surface area (Å²) in [6.45, 7) is 2.70. The molecule has 1 aliphatic rings. The molecule has 2 atom stereocenters. The van der Waals surface area contributed by atoms with Crippen molar-refractivity contribution in [3.63, 3.8) is 0 Å². The number of carbonyl (C=O) groups is 2. The highest BCUT2D eigenvalue weighted by atomic mass is 16.6. The summed E-state index contributed by atoms with van der Waals surface area (Å²) in [5.41, 5.74) is 0.371. The average molecular weight is 294 g/mol. The van der Waals surface area contributed by atoms with Crippen LogP contribution in [0.2, 0.25) is 0 Å². The van der Waals surface area contributed by atoms with Crippen LogP contribution >= 0.6 is 0 Å². The molecule has 1 saturated heterocycles. The Bertz CT molecular complexity index is 509. The van der Waals surface area contributed by atoms with Gasteiger partial charge in [-0.05, 0) is 19.1 Å². The monoisotopic (exact) mass is 294 g/mol. The minimum atomic E-state index is -0.575. The number of hydrogen-bond donors (Lipinski definition) is 0. The molecule has 1 heterocycles. The van der Waals surface area contributed by atoms with Gasteiger partial charge in [-0.25, -0.2) is 9.59 Å². The van der Waals surface area contributed by atoms with E-state index in [4.69, 9.17) is 18.9 Å². The highest BCUT2D eigenvalue weighted by molar-refractivity contribution is 6.03. The van der Waals surface area contributed by atoms with Crippen molar-refractivity contribution in [2.75, 3.05) is 26.9 Å². The standard InChI is InChI=1S/C15H18O6/c1-10(18-2)7-20-14(16)12-5-3-4-6-13(12)15(17)21-9-11-8-19-11/h3-6,10-11H,7-9H2,1-2H3. The van der Waals surface area contributed by atoms with Crippen LogP contribution < -0.4 is 0 Å². The molecule has 1 aliphatic heterocycles. The number of rotatable bonds is 7. The van der Waals surface area contributed by atoms with Crippen LogP contribution in [-0.4, -0.2) is 51.1 Å². The summed E-state index contributed by atoms with van der Waals surface area (Å²) < 4.78 is 20.2. The van der Waals surface area contributed by atoms with Crippen LogP contribution in [0, 0.1) is 0 Å². The summed E-state index contributed by atoms with van der Waals surface area (Å²) >= 11 is 0. The fourth-order valence-electron chi connectivity index (χ4n) is 1.59. The van der Waals surface area contributed by atoms with Crippen LogP contribution in [0.15, 0.2) is 24.3 Å². The molecule has 0 aliphatic carbocycles. The van der Waals surface area contributed by atoms with E-state index in [0.29, 0.717) is 6.61 Å². The van der Waals surface area contributed by atoms with Gasteiger partial charge in [0.1, 0.15) is 19.3 Å². The molecule has 0 radical (unpaired) electrons. The molecule has 0 bridgehead atoms. The molecule has 1 aromatic rings. The lowest BCUT2D eigenvalue weighted by Gasteiger charge is -2.12. The number of benzene rings is 1. The Hall–Kier alpha value is -1.92. The van der Waals surface area contributed by atoms with E-state index < -0.39 is 11.9 Å². The van der Waals surface area contributed by atoms with Crippen molar-refractivity contribution in [3.8, 4) is 0 Å². The first-order chi connectivity index (χ1) is 10.1. The lowest BCUT2D eigenvalue weighted by molar-refractivity contribution is 0.0164. The van der Waals surface area contributed by atoms with E-state index in [1.165, 1.54) is 19.2 Å². The third-order valence-electron chi connectivity index (χ3n) is 3.02. The minimum Gasteiger partial charge on any atom is -0.459 e. The van der Waals surface area contributed by atoms with Crippen molar-refractivity contribution in [2.24, 2.45) is 0 Å². The first-order valence-corrected chi connectivity index (χ1v) is 6.69. The van der Waals surface area contributed by atoms with Crippen molar-refractivity contribution < 1.29 is 28.5 Å². The Morgan fingerprint density at radius 2 is 1.81 bits per heavy atom. The first kappa shape index (κ1) is 15.5. The number of esters is 2. The van der Waals surface area contributed by atoms with E-state index >= 15 is 0 Å². The molecule has 1 aromatic carbocycles. The van der Waals surface area contributed by atoms with Crippen molar-refractivity contribution >= 4 is 11.9 Å². The highest BCUT2D eigenvalue weighted by Gasteiger charge is 2.26. The summed E-state index contributed by atoms with van der Waals surface area (Å²) in [6, 6.07) is 6.40. The van der Waals surface area contributed by atoms with E-state index in [1.54, 1.807) is 19.1 Å². The van der Waals surface area contributed by atoms with Gasteiger partial charge >= 0.3 is 11.9 Å². The summed E-state index contributed by atoms with van der Waals surface area (Å²) in [5.74, 6) is -1.13. The lowest BCUT2D eigenvalue weighted by atomic mass is 10.1. The SMILES string of the molecule is COC(C)COC(=O)c1ccccc1C(=O)OCC1CO1. The zero-order valence-electron chi connectivity index (χ0n) is 12.0. The molecular formula is C15H18O6. The smallest absolute Gasteiger partial charge is 0.339 e. The summed E-state index contributed by atoms with van der Waals surface area (Å²) in [7, 11) is 1.53. The van der Waals surface area contributed by atoms with E-state index in [9.17, 15) is 9.59 Å². The molecule has 6 nitrogen and oxygen atoms in total. The first-order valence-electron chi connectivity index (χ1n) is 6.69. The Labute approximate surface area is 122 Å². The van der Waals surface area contributed by atoms with Crippen molar-refractivity contribution in [3.05, 3.63) is 35.4 Å². The maximum absolute atomic E-state index is 12.0. The third kappa shape index (κ3) is 4.54. The second kappa shape index (κ2) is 7.19. The summed E-state index contributed by atoms with van der Waals surface area (Å²) in [4.78, 5) is 24.0. The lowest BCUT2D eigenvalue weighted by Crippen LogP contribution is -2.20. The Balaban J connectivity index is 2.00. The van der Waals surface area contributed by atoms with Gasteiger partial charge in [-0.1, -0.05) is 12.1 Å². The van der Waals surface area contributed by atoms with Crippen LogP contribution in [0.5, 0.6) is 0 Å².